The molecule has 2 aliphatic rings. The first-order chi connectivity index (χ1) is 19.9. The zero-order valence-corrected chi connectivity index (χ0v) is 21.2. The molecule has 0 fully saturated rings. The molecule has 4 heterocycles. The lowest BCUT2D eigenvalue weighted by atomic mass is 9.84. The van der Waals surface area contributed by atoms with Crippen LogP contribution in [0.3, 0.4) is 0 Å². The number of fused-ring (bicyclic) bond motifs is 5. The van der Waals surface area contributed by atoms with Crippen molar-refractivity contribution in [2.24, 2.45) is 4.99 Å². The summed E-state index contributed by atoms with van der Waals surface area (Å²) >= 11 is 0. The maximum Gasteiger partial charge on any atom is 0.343 e. The highest BCUT2D eigenvalue weighted by Gasteiger charge is 2.52. The predicted molar refractivity (Wildman–Crippen MR) is 136 cm³/mol. The topological polar surface area (TPSA) is 157 Å². The van der Waals surface area contributed by atoms with Crippen molar-refractivity contribution in [3.63, 3.8) is 0 Å². The molecule has 6 rings (SSSR count). The maximum absolute atomic E-state index is 14.5. The molecule has 0 radical (unpaired) electrons. The van der Waals surface area contributed by atoms with E-state index in [1.165, 1.54) is 19.1 Å². The van der Waals surface area contributed by atoms with Gasteiger partial charge >= 0.3 is 11.7 Å². The summed E-state index contributed by atoms with van der Waals surface area (Å²) in [6.07, 6.45) is 0.507. The minimum Gasteiger partial charge on any atom is -0.503 e. The maximum atomic E-state index is 14.5. The Kier molecular flexibility index (Phi) is 5.90. The molecule has 2 aromatic heterocycles. The summed E-state index contributed by atoms with van der Waals surface area (Å²) in [7, 11) is 0. The van der Waals surface area contributed by atoms with Crippen LogP contribution in [0.4, 0.5) is 28.9 Å². The van der Waals surface area contributed by atoms with E-state index in [1.54, 1.807) is 12.1 Å². The Morgan fingerprint density at radius 1 is 1.14 bits per heavy atom. The second-order valence-electron chi connectivity index (χ2n) is 9.57. The quantitative estimate of drug-likeness (QED) is 0.0802. The lowest BCUT2D eigenvalue weighted by molar-refractivity contribution is -0.386. The number of aliphatic hydroxyl groups is 1. The van der Waals surface area contributed by atoms with E-state index >= 15 is 0 Å². The average molecular weight is 584 g/mol. The van der Waals surface area contributed by atoms with Crippen molar-refractivity contribution in [1.82, 2.24) is 9.55 Å². The molecule has 214 valence electrons. The molecule has 0 unspecified atom stereocenters. The Hall–Kier alpha value is -5.18. The van der Waals surface area contributed by atoms with Crippen LogP contribution < -0.4 is 5.56 Å². The number of aromatic nitrogens is 2. The largest absolute Gasteiger partial charge is 0.503 e. The average Bonchev–Trinajstić information content (AvgIpc) is 3.35. The van der Waals surface area contributed by atoms with Gasteiger partial charge in [-0.25, -0.2) is 23.6 Å². The van der Waals surface area contributed by atoms with Crippen LogP contribution in [0.25, 0.3) is 22.3 Å². The van der Waals surface area contributed by atoms with E-state index in [2.05, 4.69) is 9.98 Å². The van der Waals surface area contributed by atoms with Gasteiger partial charge in [0.15, 0.2) is 23.0 Å². The predicted octanol–water partition coefficient (Wildman–Crippen LogP) is 4.00. The summed E-state index contributed by atoms with van der Waals surface area (Å²) in [4.78, 5) is 45.9. The monoisotopic (exact) mass is 584 g/mol. The Morgan fingerprint density at radius 2 is 1.81 bits per heavy atom. The Morgan fingerprint density at radius 3 is 2.45 bits per heavy atom. The van der Waals surface area contributed by atoms with E-state index in [1.807, 2.05) is 0 Å². The van der Waals surface area contributed by atoms with E-state index in [-0.39, 0.29) is 46.6 Å². The van der Waals surface area contributed by atoms with Crippen LogP contribution in [0, 0.1) is 33.4 Å². The second kappa shape index (κ2) is 9.17. The van der Waals surface area contributed by atoms with E-state index in [9.17, 15) is 47.5 Å². The molecule has 0 saturated carbocycles. The molecule has 1 atom stereocenters. The number of benzene rings is 2. The zero-order chi connectivity index (χ0) is 30.2. The smallest absolute Gasteiger partial charge is 0.343 e. The molecule has 0 amide bonds. The number of pyridine rings is 2. The van der Waals surface area contributed by atoms with E-state index in [0.717, 1.165) is 10.8 Å². The van der Waals surface area contributed by atoms with Gasteiger partial charge < -0.3 is 14.9 Å². The summed E-state index contributed by atoms with van der Waals surface area (Å²) in [5.74, 6) is -11.1. The highest BCUT2D eigenvalue weighted by atomic mass is 19.2. The number of hydrogen-bond donors (Lipinski definition) is 2. The molecule has 0 aliphatic carbocycles. The summed E-state index contributed by atoms with van der Waals surface area (Å²) < 4.78 is 62.8. The number of ether oxygens (including phenoxy) is 1. The third-order valence-corrected chi connectivity index (χ3v) is 7.45. The molecule has 11 nitrogen and oxygen atoms in total. The molecule has 42 heavy (non-hydrogen) atoms. The fraction of sp³-hybridized carbons (Fsp3) is 0.185. The number of esters is 1. The molecule has 0 spiro atoms. The summed E-state index contributed by atoms with van der Waals surface area (Å²) in [6.45, 7) is 0.387. The molecule has 0 saturated heterocycles. The number of halogens is 4. The van der Waals surface area contributed by atoms with Crippen molar-refractivity contribution < 1.29 is 42.2 Å². The van der Waals surface area contributed by atoms with Crippen molar-refractivity contribution in [1.29, 1.82) is 0 Å². The highest BCUT2D eigenvalue weighted by Crippen LogP contribution is 2.47. The lowest BCUT2D eigenvalue weighted by Crippen LogP contribution is -2.45. The van der Waals surface area contributed by atoms with Crippen LogP contribution in [0.15, 0.2) is 34.1 Å². The van der Waals surface area contributed by atoms with Gasteiger partial charge in [-0.3, -0.25) is 19.5 Å². The Balaban J connectivity index is 1.68. The third kappa shape index (κ3) is 3.49. The minimum atomic E-state index is -2.50. The van der Waals surface area contributed by atoms with Gasteiger partial charge in [-0.15, -0.1) is 0 Å². The number of phenolic OH excluding ortho intramolecular Hbond substituents is 1. The van der Waals surface area contributed by atoms with Crippen LogP contribution in [-0.4, -0.2) is 36.9 Å². The molecule has 2 aromatic carbocycles. The molecule has 4 aromatic rings. The van der Waals surface area contributed by atoms with Crippen molar-refractivity contribution in [3.05, 3.63) is 90.3 Å². The van der Waals surface area contributed by atoms with E-state index in [0.29, 0.717) is 5.39 Å². The van der Waals surface area contributed by atoms with Crippen LogP contribution in [-0.2, 0) is 28.3 Å². The first kappa shape index (κ1) is 27.0. The number of nitro groups is 1. The molecule has 15 heteroatoms. The van der Waals surface area contributed by atoms with Crippen molar-refractivity contribution in [2.75, 3.05) is 0 Å². The van der Waals surface area contributed by atoms with Gasteiger partial charge in [-0.2, -0.15) is 8.78 Å². The number of phenols is 1. The Labute approximate surface area is 231 Å². The number of aliphatic imine (C=N–C) groups is 1. The van der Waals surface area contributed by atoms with Crippen LogP contribution in [0.5, 0.6) is 5.75 Å². The molecule has 0 bridgehead atoms. The van der Waals surface area contributed by atoms with Crippen LogP contribution in [0.2, 0.25) is 0 Å². The van der Waals surface area contributed by atoms with Crippen LogP contribution in [0.1, 0.15) is 35.6 Å². The highest BCUT2D eigenvalue weighted by molar-refractivity contribution is 6.03. The number of aromatic hydroxyl groups is 1. The number of carbonyl (C=O) groups is 1. The number of nitrogens with zero attached hydrogens (tertiary/aromatic N) is 4. The second-order valence-corrected chi connectivity index (χ2v) is 9.57. The van der Waals surface area contributed by atoms with E-state index in [4.69, 9.17) is 4.74 Å². The molecular weight excluding hydrogens is 568 g/mol. The van der Waals surface area contributed by atoms with Gasteiger partial charge in [0.2, 0.25) is 11.6 Å². The molecular formula is C27H16F4N4O7. The SMILES string of the molecule is CC[C@@]1(O)C(=O)OCc2c1c([N+](=O)[O-])c1n(c2=O)Cc2c-1nc1ccccc1c2C=Nc1c(F)c(F)c(O)c(F)c1F. The first-order valence-corrected chi connectivity index (χ1v) is 12.3. The number of carbonyl (C=O) groups excluding carboxylic acids is 1. The zero-order valence-electron chi connectivity index (χ0n) is 21.2. The minimum absolute atomic E-state index is 0.0525. The van der Waals surface area contributed by atoms with Crippen molar-refractivity contribution >= 4 is 34.5 Å². The summed E-state index contributed by atoms with van der Waals surface area (Å²) in [5.41, 5.74) is -6.37. The number of cyclic esters (lactones) is 1. The molecule has 2 N–H and O–H groups in total. The normalized spacial score (nSPS) is 17.3. The van der Waals surface area contributed by atoms with Gasteiger partial charge in [-0.05, 0) is 12.5 Å². The van der Waals surface area contributed by atoms with Gasteiger partial charge in [0.1, 0.15) is 23.7 Å². The van der Waals surface area contributed by atoms with Gasteiger partial charge in [0.25, 0.3) is 5.56 Å². The van der Waals surface area contributed by atoms with Gasteiger partial charge in [0, 0.05) is 22.7 Å². The standard InChI is InChI=1S/C27H16F4N4O7/c1-2-27(39)15-13(9-42-26(27)38)25(37)34-8-12-11(7-32-21-16(28)18(30)24(36)19(31)17(21)29)10-5-3-4-6-14(10)33-20(12)23(34)22(15)35(40)41/h3-7,36,39H,2,8-9H2,1H3/t27-/m0/s1. The van der Waals surface area contributed by atoms with Crippen molar-refractivity contribution in [3.8, 4) is 17.1 Å². The number of hydrogen-bond acceptors (Lipinski definition) is 9. The summed E-state index contributed by atoms with van der Waals surface area (Å²) in [5, 5.41) is 33.2. The fourth-order valence-corrected chi connectivity index (χ4v) is 5.38. The molecule has 2 aliphatic heterocycles. The number of para-hydroxylation sites is 1. The van der Waals surface area contributed by atoms with Gasteiger partial charge in [0.05, 0.1) is 28.1 Å². The third-order valence-electron chi connectivity index (χ3n) is 7.45. The summed E-state index contributed by atoms with van der Waals surface area (Å²) in [6, 6.07) is 6.18. The van der Waals surface area contributed by atoms with Crippen LogP contribution >= 0.6 is 0 Å². The first-order valence-electron chi connectivity index (χ1n) is 12.3. The fourth-order valence-electron chi connectivity index (χ4n) is 5.38. The van der Waals surface area contributed by atoms with Gasteiger partial charge in [-0.1, -0.05) is 25.1 Å². The van der Waals surface area contributed by atoms with E-state index < -0.39 is 74.6 Å². The Bertz CT molecular complexity index is 1980. The number of rotatable bonds is 4. The van der Waals surface area contributed by atoms with Crippen molar-refractivity contribution in [2.45, 2.75) is 32.1 Å². The lowest BCUT2D eigenvalue weighted by Gasteiger charge is -2.31.